The molecule has 1 saturated heterocycles. The van der Waals surface area contributed by atoms with Crippen molar-refractivity contribution in [3.63, 3.8) is 0 Å². The van der Waals surface area contributed by atoms with Crippen LogP contribution in [-0.4, -0.2) is 46.6 Å². The second-order valence-corrected chi connectivity index (χ2v) is 5.70. The summed E-state index contributed by atoms with van der Waals surface area (Å²) < 4.78 is 0. The number of piperazine rings is 1. The minimum absolute atomic E-state index is 0.476. The molecular weight excluding hydrogens is 226 g/mol. The second kappa shape index (κ2) is 5.16. The Hall–Kier alpha value is -0.300. The molecule has 2 rings (SSSR count). The summed E-state index contributed by atoms with van der Waals surface area (Å²) in [4.78, 5) is 13.2. The van der Waals surface area contributed by atoms with Crippen molar-refractivity contribution in [1.29, 1.82) is 0 Å². The second-order valence-electron chi connectivity index (χ2n) is 3.56. The lowest BCUT2D eigenvalue weighted by atomic mass is 10.3. The van der Waals surface area contributed by atoms with Gasteiger partial charge in [0.25, 0.3) is 0 Å². The van der Waals surface area contributed by atoms with Crippen LogP contribution >= 0.6 is 18.5 Å². The van der Waals surface area contributed by atoms with Crippen LogP contribution in [0.4, 0.5) is 5.95 Å². The van der Waals surface area contributed by atoms with Crippen molar-refractivity contribution >= 4 is 24.4 Å². The number of hydrogen-bond donors (Lipinski definition) is 0. The van der Waals surface area contributed by atoms with Gasteiger partial charge in [-0.25, -0.2) is 9.97 Å². The van der Waals surface area contributed by atoms with Crippen molar-refractivity contribution in [2.24, 2.45) is 0 Å². The first-order valence-electron chi connectivity index (χ1n) is 5.04. The highest BCUT2D eigenvalue weighted by Crippen LogP contribution is 2.18. The lowest BCUT2D eigenvalue weighted by molar-refractivity contribution is 0.283. The van der Waals surface area contributed by atoms with Crippen LogP contribution in [0.25, 0.3) is 0 Å². The molecule has 2 atom stereocenters. The van der Waals surface area contributed by atoms with Crippen LogP contribution < -0.4 is 4.90 Å². The molecule has 0 aliphatic carbocycles. The quantitative estimate of drug-likeness (QED) is 0.712. The molecule has 1 aromatic heterocycles. The van der Waals surface area contributed by atoms with Gasteiger partial charge in [-0.2, -0.15) is 0 Å². The molecule has 0 radical (unpaired) electrons. The fourth-order valence-electron chi connectivity index (χ4n) is 1.67. The van der Waals surface area contributed by atoms with Crippen molar-refractivity contribution in [3.05, 3.63) is 18.5 Å². The van der Waals surface area contributed by atoms with E-state index < -0.39 is 0 Å². The third kappa shape index (κ3) is 2.84. The molecular formula is C9H16N4P2. The summed E-state index contributed by atoms with van der Waals surface area (Å²) in [6, 6.07) is 1.85. The van der Waals surface area contributed by atoms with E-state index >= 15 is 0 Å². The predicted octanol–water partition coefficient (Wildman–Crippen LogP) is 0.632. The summed E-state index contributed by atoms with van der Waals surface area (Å²) in [5.74, 6) is 0.848. The van der Waals surface area contributed by atoms with Gasteiger partial charge in [-0.1, -0.05) is 0 Å². The van der Waals surface area contributed by atoms with Crippen LogP contribution in [0.3, 0.4) is 0 Å². The van der Waals surface area contributed by atoms with E-state index in [2.05, 4.69) is 38.2 Å². The van der Waals surface area contributed by atoms with Crippen LogP contribution in [0.2, 0.25) is 0 Å². The van der Waals surface area contributed by atoms with E-state index in [1.807, 2.05) is 6.07 Å². The van der Waals surface area contributed by atoms with E-state index in [0.29, 0.717) is 5.52 Å². The minimum Gasteiger partial charge on any atom is -0.338 e. The summed E-state index contributed by atoms with van der Waals surface area (Å²) in [7, 11) is 5.61. The molecule has 6 heteroatoms. The highest BCUT2D eigenvalue weighted by molar-refractivity contribution is 7.37. The first kappa shape index (κ1) is 11.2. The van der Waals surface area contributed by atoms with E-state index in [-0.39, 0.29) is 0 Å². The average Bonchev–Trinajstić information content (AvgIpc) is 2.30. The predicted molar refractivity (Wildman–Crippen MR) is 69.0 cm³/mol. The summed E-state index contributed by atoms with van der Waals surface area (Å²) >= 11 is 0. The maximum Gasteiger partial charge on any atom is 0.225 e. The van der Waals surface area contributed by atoms with Crippen LogP contribution in [0.15, 0.2) is 18.5 Å². The number of hydrogen-bond acceptors (Lipinski definition) is 4. The van der Waals surface area contributed by atoms with E-state index in [4.69, 9.17) is 0 Å². The smallest absolute Gasteiger partial charge is 0.225 e. The van der Waals surface area contributed by atoms with E-state index in [1.54, 1.807) is 12.4 Å². The lowest BCUT2D eigenvalue weighted by Gasteiger charge is -2.36. The molecule has 0 aromatic carbocycles. The monoisotopic (exact) mass is 242 g/mol. The molecule has 1 aliphatic heterocycles. The van der Waals surface area contributed by atoms with Crippen molar-refractivity contribution in [1.82, 2.24) is 14.9 Å². The fourth-order valence-corrected chi connectivity index (χ4v) is 2.27. The number of aromatic nitrogens is 2. The molecule has 15 heavy (non-hydrogen) atoms. The average molecular weight is 242 g/mol. The zero-order valence-electron chi connectivity index (χ0n) is 8.58. The van der Waals surface area contributed by atoms with Crippen LogP contribution in [0, 0.1) is 0 Å². The fraction of sp³-hybridized carbons (Fsp3) is 0.556. The molecule has 2 unspecified atom stereocenters. The summed E-state index contributed by atoms with van der Waals surface area (Å²) in [6.45, 7) is 4.14. The molecule has 0 saturated carbocycles. The van der Waals surface area contributed by atoms with Gasteiger partial charge in [0.2, 0.25) is 5.95 Å². The topological polar surface area (TPSA) is 32.3 Å². The standard InChI is InChI=1S/C9H16N4P2/c14-9(15)13-6-4-12(5-7-13)8-10-2-1-3-11-8/h1-3,9H,4-7,14-15H2. The van der Waals surface area contributed by atoms with Crippen LogP contribution in [0.5, 0.6) is 0 Å². The maximum atomic E-state index is 4.26. The van der Waals surface area contributed by atoms with Crippen LogP contribution in [0.1, 0.15) is 0 Å². The Morgan fingerprint density at radius 3 is 2.20 bits per heavy atom. The van der Waals surface area contributed by atoms with E-state index in [9.17, 15) is 0 Å². The van der Waals surface area contributed by atoms with Gasteiger partial charge >= 0.3 is 0 Å². The third-order valence-corrected chi connectivity index (χ3v) is 3.41. The van der Waals surface area contributed by atoms with Gasteiger partial charge in [-0.05, 0) is 6.07 Å². The highest BCUT2D eigenvalue weighted by Gasteiger charge is 2.20. The zero-order chi connectivity index (χ0) is 10.7. The molecule has 1 aliphatic rings. The first-order valence-corrected chi connectivity index (χ1v) is 6.38. The Kier molecular flexibility index (Phi) is 3.85. The van der Waals surface area contributed by atoms with Gasteiger partial charge in [-0.3, -0.25) is 4.90 Å². The van der Waals surface area contributed by atoms with Gasteiger partial charge in [-0.15, -0.1) is 18.5 Å². The molecule has 2 heterocycles. The molecule has 0 N–H and O–H groups in total. The molecule has 0 amide bonds. The van der Waals surface area contributed by atoms with Gasteiger partial charge in [0.05, 0.1) is 0 Å². The van der Waals surface area contributed by atoms with Gasteiger partial charge in [0.1, 0.15) is 0 Å². The Morgan fingerprint density at radius 1 is 1.07 bits per heavy atom. The molecule has 0 bridgehead atoms. The van der Waals surface area contributed by atoms with E-state index in [0.717, 1.165) is 32.1 Å². The Balaban J connectivity index is 1.94. The molecule has 0 spiro atoms. The van der Waals surface area contributed by atoms with Crippen molar-refractivity contribution in [2.75, 3.05) is 31.1 Å². The molecule has 82 valence electrons. The number of nitrogens with zero attached hydrogens (tertiary/aromatic N) is 4. The highest BCUT2D eigenvalue weighted by atomic mass is 31.1. The van der Waals surface area contributed by atoms with E-state index in [1.165, 1.54) is 0 Å². The molecule has 4 nitrogen and oxygen atoms in total. The lowest BCUT2D eigenvalue weighted by Crippen LogP contribution is -2.48. The summed E-state index contributed by atoms with van der Waals surface area (Å²) in [5.41, 5.74) is 0.476. The molecule has 1 aromatic rings. The Labute approximate surface area is 94.9 Å². The number of rotatable bonds is 2. The summed E-state index contributed by atoms with van der Waals surface area (Å²) in [5, 5.41) is 0. The Bertz CT molecular complexity index is 298. The van der Waals surface area contributed by atoms with Gasteiger partial charge in [0, 0.05) is 44.1 Å². The maximum absolute atomic E-state index is 4.26. The molecule has 1 fully saturated rings. The summed E-state index contributed by atoms with van der Waals surface area (Å²) in [6.07, 6.45) is 3.59. The van der Waals surface area contributed by atoms with Gasteiger partial charge in [0.15, 0.2) is 0 Å². The SMILES string of the molecule is PC(P)N1CCN(c2ncccn2)CC1. The third-order valence-electron chi connectivity index (χ3n) is 2.57. The number of anilines is 1. The minimum atomic E-state index is 0.476. The first-order chi connectivity index (χ1) is 7.27. The normalized spacial score (nSPS) is 18.5. The van der Waals surface area contributed by atoms with Crippen LogP contribution in [-0.2, 0) is 0 Å². The Morgan fingerprint density at radius 2 is 1.67 bits per heavy atom. The van der Waals surface area contributed by atoms with Gasteiger partial charge < -0.3 is 4.90 Å². The van der Waals surface area contributed by atoms with Crippen molar-refractivity contribution < 1.29 is 0 Å². The zero-order valence-corrected chi connectivity index (χ0v) is 10.9. The largest absolute Gasteiger partial charge is 0.338 e. The van der Waals surface area contributed by atoms with Crippen molar-refractivity contribution in [2.45, 2.75) is 5.52 Å². The van der Waals surface area contributed by atoms with Crippen molar-refractivity contribution in [3.8, 4) is 0 Å².